The van der Waals surface area contributed by atoms with Gasteiger partial charge in [0.2, 0.25) is 0 Å². The van der Waals surface area contributed by atoms with Gasteiger partial charge >= 0.3 is 6.18 Å². The summed E-state index contributed by atoms with van der Waals surface area (Å²) in [6.45, 7) is 4.11. The standard InChI is InChI=1S/C19H17F3N6O/c1-11-8-14(27-29-11)9-23-18-17-15(24-12(2)25-18)6-7-28(17)10-13-4-3-5-16(26-13)19(20,21)22/h3-8H,9-10H2,1-2H3,(H,23,24,25). The zero-order valence-electron chi connectivity index (χ0n) is 15.7. The van der Waals surface area contributed by atoms with E-state index in [1.165, 1.54) is 6.07 Å². The molecular weight excluding hydrogens is 385 g/mol. The number of aryl methyl sites for hydroxylation is 2. The SMILES string of the molecule is Cc1nc(NCc2cc(C)on2)c2c(ccn2Cc2cccc(C(F)(F)F)n2)n1. The van der Waals surface area contributed by atoms with Gasteiger partial charge in [0.25, 0.3) is 0 Å². The Hall–Kier alpha value is -3.43. The number of aromatic nitrogens is 5. The van der Waals surface area contributed by atoms with E-state index in [0.717, 1.165) is 6.07 Å². The number of rotatable bonds is 5. The quantitative estimate of drug-likeness (QED) is 0.541. The van der Waals surface area contributed by atoms with Gasteiger partial charge in [0, 0.05) is 12.3 Å². The highest BCUT2D eigenvalue weighted by Gasteiger charge is 2.32. The van der Waals surface area contributed by atoms with E-state index in [0.29, 0.717) is 40.7 Å². The van der Waals surface area contributed by atoms with Crippen LogP contribution in [0.3, 0.4) is 0 Å². The maximum Gasteiger partial charge on any atom is 0.433 e. The first-order valence-electron chi connectivity index (χ1n) is 8.82. The van der Waals surface area contributed by atoms with Crippen molar-refractivity contribution in [1.29, 1.82) is 0 Å². The van der Waals surface area contributed by atoms with Crippen LogP contribution >= 0.6 is 0 Å². The van der Waals surface area contributed by atoms with E-state index >= 15 is 0 Å². The molecule has 0 bridgehead atoms. The molecule has 150 valence electrons. The van der Waals surface area contributed by atoms with Crippen molar-refractivity contribution in [3.05, 3.63) is 65.2 Å². The van der Waals surface area contributed by atoms with E-state index in [2.05, 4.69) is 25.4 Å². The second-order valence-corrected chi connectivity index (χ2v) is 6.59. The van der Waals surface area contributed by atoms with Crippen LogP contribution < -0.4 is 5.32 Å². The van der Waals surface area contributed by atoms with Gasteiger partial charge in [-0.15, -0.1) is 0 Å². The molecule has 0 saturated heterocycles. The van der Waals surface area contributed by atoms with Crippen LogP contribution in [0, 0.1) is 13.8 Å². The van der Waals surface area contributed by atoms with Crippen LogP contribution in [0.5, 0.6) is 0 Å². The highest BCUT2D eigenvalue weighted by Crippen LogP contribution is 2.28. The molecule has 0 amide bonds. The first-order valence-corrected chi connectivity index (χ1v) is 8.82. The molecule has 0 aliphatic heterocycles. The minimum atomic E-state index is -4.49. The minimum Gasteiger partial charge on any atom is -0.362 e. The van der Waals surface area contributed by atoms with E-state index in [4.69, 9.17) is 4.52 Å². The van der Waals surface area contributed by atoms with Crippen molar-refractivity contribution in [3.8, 4) is 0 Å². The van der Waals surface area contributed by atoms with Gasteiger partial charge in [-0.3, -0.25) is 0 Å². The van der Waals surface area contributed by atoms with Crippen LogP contribution in [0.15, 0.2) is 41.1 Å². The number of anilines is 1. The summed E-state index contributed by atoms with van der Waals surface area (Å²) in [6, 6.07) is 7.47. The van der Waals surface area contributed by atoms with Gasteiger partial charge in [0.05, 0.1) is 24.3 Å². The Bertz CT molecular complexity index is 1160. The van der Waals surface area contributed by atoms with Crippen LogP contribution in [-0.2, 0) is 19.3 Å². The summed E-state index contributed by atoms with van der Waals surface area (Å²) in [5, 5.41) is 7.15. The predicted molar refractivity (Wildman–Crippen MR) is 99.2 cm³/mol. The third-order valence-electron chi connectivity index (χ3n) is 4.27. The first kappa shape index (κ1) is 18.9. The zero-order chi connectivity index (χ0) is 20.6. The first-order chi connectivity index (χ1) is 13.8. The highest BCUT2D eigenvalue weighted by atomic mass is 19.4. The fourth-order valence-electron chi connectivity index (χ4n) is 3.05. The number of nitrogens with one attached hydrogen (secondary N) is 1. The molecule has 0 radical (unpaired) electrons. The van der Waals surface area contributed by atoms with Gasteiger partial charge in [-0.1, -0.05) is 11.2 Å². The average Bonchev–Trinajstić information content (AvgIpc) is 3.25. The fourth-order valence-corrected chi connectivity index (χ4v) is 3.05. The summed E-state index contributed by atoms with van der Waals surface area (Å²) in [5.41, 5.74) is 1.44. The molecular formula is C19H17F3N6O. The number of hydrogen-bond acceptors (Lipinski definition) is 6. The van der Waals surface area contributed by atoms with Gasteiger partial charge in [-0.25, -0.2) is 15.0 Å². The molecule has 0 spiro atoms. The summed E-state index contributed by atoms with van der Waals surface area (Å²) in [7, 11) is 0. The van der Waals surface area contributed by atoms with Crippen LogP contribution in [0.1, 0.15) is 28.7 Å². The van der Waals surface area contributed by atoms with Gasteiger partial charge in [0.1, 0.15) is 28.5 Å². The van der Waals surface area contributed by atoms with Gasteiger partial charge < -0.3 is 14.4 Å². The zero-order valence-corrected chi connectivity index (χ0v) is 15.7. The number of hydrogen-bond donors (Lipinski definition) is 1. The lowest BCUT2D eigenvalue weighted by atomic mass is 10.3. The predicted octanol–water partition coefficient (Wildman–Crippen LogP) is 4.11. The molecule has 10 heteroatoms. The Labute approximate surface area is 163 Å². The number of fused-ring (bicyclic) bond motifs is 1. The van der Waals surface area contributed by atoms with Crippen molar-refractivity contribution in [2.75, 3.05) is 5.32 Å². The van der Waals surface area contributed by atoms with E-state index in [-0.39, 0.29) is 12.2 Å². The monoisotopic (exact) mass is 402 g/mol. The third kappa shape index (κ3) is 4.05. The van der Waals surface area contributed by atoms with Crippen molar-refractivity contribution in [3.63, 3.8) is 0 Å². The second-order valence-electron chi connectivity index (χ2n) is 6.59. The second kappa shape index (κ2) is 7.19. The lowest BCUT2D eigenvalue weighted by Crippen LogP contribution is -2.11. The van der Waals surface area contributed by atoms with E-state index in [9.17, 15) is 13.2 Å². The Morgan fingerprint density at radius 1 is 1.07 bits per heavy atom. The summed E-state index contributed by atoms with van der Waals surface area (Å²) in [6.07, 6.45) is -2.73. The summed E-state index contributed by atoms with van der Waals surface area (Å²) >= 11 is 0. The molecule has 4 aromatic rings. The molecule has 0 atom stereocenters. The third-order valence-corrected chi connectivity index (χ3v) is 4.27. The molecule has 0 fully saturated rings. The molecule has 7 nitrogen and oxygen atoms in total. The lowest BCUT2D eigenvalue weighted by Gasteiger charge is -2.12. The van der Waals surface area contributed by atoms with Crippen molar-refractivity contribution in [1.82, 2.24) is 24.7 Å². The van der Waals surface area contributed by atoms with Gasteiger partial charge in [-0.2, -0.15) is 13.2 Å². The molecule has 4 aromatic heterocycles. The van der Waals surface area contributed by atoms with Crippen molar-refractivity contribution >= 4 is 16.9 Å². The topological polar surface area (TPSA) is 81.7 Å². The highest BCUT2D eigenvalue weighted by molar-refractivity contribution is 5.86. The molecule has 0 unspecified atom stereocenters. The Kier molecular flexibility index (Phi) is 4.69. The van der Waals surface area contributed by atoms with E-state index < -0.39 is 11.9 Å². The van der Waals surface area contributed by atoms with Crippen LogP contribution in [0.4, 0.5) is 19.0 Å². The van der Waals surface area contributed by atoms with Crippen LogP contribution in [0.2, 0.25) is 0 Å². The summed E-state index contributed by atoms with van der Waals surface area (Å²) < 4.78 is 45.7. The number of alkyl halides is 3. The van der Waals surface area contributed by atoms with Crippen LogP contribution in [-0.4, -0.2) is 24.7 Å². The van der Waals surface area contributed by atoms with Gasteiger partial charge in [0.15, 0.2) is 5.82 Å². The Balaban J connectivity index is 1.67. The van der Waals surface area contributed by atoms with Crippen molar-refractivity contribution < 1.29 is 17.7 Å². The molecule has 0 aliphatic rings. The minimum absolute atomic E-state index is 0.150. The number of halogens is 3. The van der Waals surface area contributed by atoms with E-state index in [1.54, 1.807) is 36.7 Å². The lowest BCUT2D eigenvalue weighted by molar-refractivity contribution is -0.141. The largest absolute Gasteiger partial charge is 0.433 e. The average molecular weight is 402 g/mol. The maximum atomic E-state index is 13.0. The number of pyridine rings is 1. The van der Waals surface area contributed by atoms with Crippen molar-refractivity contribution in [2.45, 2.75) is 33.1 Å². The normalized spacial score (nSPS) is 11.9. The molecule has 0 saturated carbocycles. The maximum absolute atomic E-state index is 13.0. The number of nitrogens with zero attached hydrogens (tertiary/aromatic N) is 5. The molecule has 4 heterocycles. The fraction of sp³-hybridized carbons (Fsp3) is 0.263. The van der Waals surface area contributed by atoms with Crippen LogP contribution in [0.25, 0.3) is 11.0 Å². The molecule has 0 aliphatic carbocycles. The smallest absolute Gasteiger partial charge is 0.362 e. The molecule has 29 heavy (non-hydrogen) atoms. The molecule has 4 rings (SSSR count). The Morgan fingerprint density at radius 2 is 1.90 bits per heavy atom. The molecule has 0 aromatic carbocycles. The van der Waals surface area contributed by atoms with E-state index in [1.807, 2.05) is 6.07 Å². The summed E-state index contributed by atoms with van der Waals surface area (Å²) in [5.74, 6) is 1.83. The van der Waals surface area contributed by atoms with Gasteiger partial charge in [-0.05, 0) is 32.0 Å². The van der Waals surface area contributed by atoms with Crippen molar-refractivity contribution in [2.24, 2.45) is 0 Å². The molecule has 1 N–H and O–H groups in total. The summed E-state index contributed by atoms with van der Waals surface area (Å²) in [4.78, 5) is 12.6. The Morgan fingerprint density at radius 3 is 2.62 bits per heavy atom.